The van der Waals surface area contributed by atoms with Crippen LogP contribution in [0.5, 0.6) is 0 Å². The molecular formula is C11H18OSi. The van der Waals surface area contributed by atoms with Crippen LogP contribution in [-0.2, 0) is 4.43 Å². The van der Waals surface area contributed by atoms with Crippen molar-refractivity contribution in [1.82, 2.24) is 0 Å². The van der Waals surface area contributed by atoms with Crippen molar-refractivity contribution >= 4 is 14.2 Å². The lowest BCUT2D eigenvalue weighted by Crippen LogP contribution is -2.33. The number of benzene rings is 1. The summed E-state index contributed by atoms with van der Waals surface area (Å²) >= 11 is 0. The van der Waals surface area contributed by atoms with Crippen LogP contribution in [0.4, 0.5) is 0 Å². The first kappa shape index (κ1) is 10.5. The van der Waals surface area contributed by atoms with Crippen molar-refractivity contribution in [2.75, 3.05) is 6.61 Å². The zero-order chi connectivity index (χ0) is 9.52. The van der Waals surface area contributed by atoms with Gasteiger partial charge in [0.1, 0.15) is 0 Å². The van der Waals surface area contributed by atoms with Gasteiger partial charge >= 0.3 is 0 Å². The fraction of sp³-hybridized carbons (Fsp3) is 0.455. The molecular weight excluding hydrogens is 176 g/mol. The van der Waals surface area contributed by atoms with Crippen LogP contribution >= 0.6 is 0 Å². The predicted molar refractivity (Wildman–Crippen MR) is 59.9 cm³/mol. The van der Waals surface area contributed by atoms with Crippen LogP contribution in [0.15, 0.2) is 30.3 Å². The van der Waals surface area contributed by atoms with E-state index in [0.717, 1.165) is 6.61 Å². The van der Waals surface area contributed by atoms with E-state index in [2.05, 4.69) is 44.2 Å². The Morgan fingerprint density at radius 2 is 1.85 bits per heavy atom. The first-order chi connectivity index (χ1) is 6.38. The van der Waals surface area contributed by atoms with Gasteiger partial charge in [0.2, 0.25) is 9.04 Å². The van der Waals surface area contributed by atoms with Gasteiger partial charge in [-0.15, -0.1) is 0 Å². The van der Waals surface area contributed by atoms with Crippen LogP contribution in [0.1, 0.15) is 20.3 Å². The van der Waals surface area contributed by atoms with Crippen molar-refractivity contribution in [1.29, 1.82) is 0 Å². The van der Waals surface area contributed by atoms with Gasteiger partial charge in [-0.1, -0.05) is 43.7 Å². The molecule has 13 heavy (non-hydrogen) atoms. The maximum Gasteiger partial charge on any atom is 0.208 e. The average molecular weight is 194 g/mol. The molecule has 0 radical (unpaired) electrons. The molecule has 1 aromatic carbocycles. The maximum atomic E-state index is 5.81. The minimum absolute atomic E-state index is 0.853. The van der Waals surface area contributed by atoms with Gasteiger partial charge in [-0.05, 0) is 18.2 Å². The smallest absolute Gasteiger partial charge is 0.208 e. The van der Waals surface area contributed by atoms with Gasteiger partial charge in [0.05, 0.1) is 0 Å². The van der Waals surface area contributed by atoms with E-state index in [1.54, 1.807) is 0 Å². The average Bonchev–Trinajstić information content (AvgIpc) is 2.19. The lowest BCUT2D eigenvalue weighted by atomic mass is 10.4. The molecule has 0 aliphatic carbocycles. The molecule has 0 spiro atoms. The molecule has 72 valence electrons. The van der Waals surface area contributed by atoms with Crippen LogP contribution < -0.4 is 5.19 Å². The van der Waals surface area contributed by atoms with E-state index in [1.165, 1.54) is 17.7 Å². The standard InChI is InChI=1S/C11H18OSi/c1-3-10-13(12-4-2)11-8-6-5-7-9-11/h5-9,13H,3-4,10H2,1-2H3. The van der Waals surface area contributed by atoms with Gasteiger partial charge < -0.3 is 4.43 Å². The molecule has 1 rings (SSSR count). The van der Waals surface area contributed by atoms with E-state index in [9.17, 15) is 0 Å². The number of hydrogen-bond acceptors (Lipinski definition) is 1. The van der Waals surface area contributed by atoms with E-state index < -0.39 is 9.04 Å². The summed E-state index contributed by atoms with van der Waals surface area (Å²) < 4.78 is 5.81. The Labute approximate surface area is 82.5 Å². The Morgan fingerprint density at radius 3 is 2.38 bits per heavy atom. The SMILES string of the molecule is CCC[SiH](OCC)c1ccccc1. The Balaban J connectivity index is 2.64. The van der Waals surface area contributed by atoms with Crippen molar-refractivity contribution in [3.05, 3.63) is 30.3 Å². The zero-order valence-corrected chi connectivity index (χ0v) is 9.65. The van der Waals surface area contributed by atoms with Crippen LogP contribution in [0, 0.1) is 0 Å². The Bertz CT molecular complexity index is 217. The van der Waals surface area contributed by atoms with E-state index in [0.29, 0.717) is 0 Å². The van der Waals surface area contributed by atoms with Crippen LogP contribution in [0.25, 0.3) is 0 Å². The third kappa shape index (κ3) is 3.33. The summed E-state index contributed by atoms with van der Waals surface area (Å²) in [6.45, 7) is 5.16. The normalized spacial score (nSPS) is 12.8. The van der Waals surface area contributed by atoms with E-state index in [-0.39, 0.29) is 0 Å². The molecule has 0 saturated carbocycles. The minimum Gasteiger partial charge on any atom is -0.416 e. The molecule has 0 saturated heterocycles. The van der Waals surface area contributed by atoms with Crippen LogP contribution in [0.2, 0.25) is 6.04 Å². The molecule has 0 aromatic heterocycles. The van der Waals surface area contributed by atoms with Crippen molar-refractivity contribution in [2.24, 2.45) is 0 Å². The highest BCUT2D eigenvalue weighted by molar-refractivity contribution is 6.67. The van der Waals surface area contributed by atoms with Crippen LogP contribution in [-0.4, -0.2) is 15.6 Å². The molecule has 0 aliphatic heterocycles. The molecule has 1 nitrogen and oxygen atoms in total. The highest BCUT2D eigenvalue weighted by Gasteiger charge is 2.11. The summed E-state index contributed by atoms with van der Waals surface area (Å²) in [5.74, 6) is 0. The summed E-state index contributed by atoms with van der Waals surface area (Å²) in [5, 5.41) is 1.44. The van der Waals surface area contributed by atoms with Gasteiger partial charge in [0.15, 0.2) is 0 Å². The highest BCUT2D eigenvalue weighted by Crippen LogP contribution is 2.00. The highest BCUT2D eigenvalue weighted by atomic mass is 28.3. The van der Waals surface area contributed by atoms with Crippen molar-refractivity contribution < 1.29 is 4.43 Å². The van der Waals surface area contributed by atoms with Crippen molar-refractivity contribution in [2.45, 2.75) is 26.3 Å². The fourth-order valence-electron chi connectivity index (χ4n) is 1.48. The van der Waals surface area contributed by atoms with E-state index >= 15 is 0 Å². The lowest BCUT2D eigenvalue weighted by molar-refractivity contribution is 0.349. The topological polar surface area (TPSA) is 9.23 Å². The quantitative estimate of drug-likeness (QED) is 0.652. The second kappa shape index (κ2) is 5.94. The molecule has 2 heteroatoms. The molecule has 0 N–H and O–H groups in total. The molecule has 0 amide bonds. The Kier molecular flexibility index (Phi) is 4.79. The lowest BCUT2D eigenvalue weighted by Gasteiger charge is -2.14. The fourth-order valence-corrected chi connectivity index (χ4v) is 3.75. The monoisotopic (exact) mass is 194 g/mol. The van der Waals surface area contributed by atoms with Crippen molar-refractivity contribution in [3.8, 4) is 0 Å². The summed E-state index contributed by atoms with van der Waals surface area (Å²) in [4.78, 5) is 0. The van der Waals surface area contributed by atoms with E-state index in [1.807, 2.05) is 0 Å². The zero-order valence-electron chi connectivity index (χ0n) is 8.49. The first-order valence-electron chi connectivity index (χ1n) is 5.05. The van der Waals surface area contributed by atoms with Gasteiger partial charge in [-0.2, -0.15) is 0 Å². The van der Waals surface area contributed by atoms with E-state index in [4.69, 9.17) is 4.43 Å². The van der Waals surface area contributed by atoms with Gasteiger partial charge in [-0.25, -0.2) is 0 Å². The van der Waals surface area contributed by atoms with Gasteiger partial charge in [-0.3, -0.25) is 0 Å². The molecule has 0 bridgehead atoms. The largest absolute Gasteiger partial charge is 0.416 e. The third-order valence-corrected chi connectivity index (χ3v) is 5.06. The predicted octanol–water partition coefficient (Wildman–Crippen LogP) is 2.06. The maximum absolute atomic E-state index is 5.81. The van der Waals surface area contributed by atoms with Crippen molar-refractivity contribution in [3.63, 3.8) is 0 Å². The molecule has 0 aliphatic rings. The Hall–Kier alpha value is -0.603. The number of rotatable bonds is 5. The van der Waals surface area contributed by atoms with Gasteiger partial charge in [0.25, 0.3) is 0 Å². The van der Waals surface area contributed by atoms with Crippen LogP contribution in [0.3, 0.4) is 0 Å². The summed E-state index contributed by atoms with van der Waals surface area (Å²) in [6, 6.07) is 11.9. The number of hydrogen-bond donors (Lipinski definition) is 0. The third-order valence-electron chi connectivity index (χ3n) is 2.09. The minimum atomic E-state index is -1.09. The summed E-state index contributed by atoms with van der Waals surface area (Å²) in [7, 11) is -1.09. The first-order valence-corrected chi connectivity index (χ1v) is 6.91. The molecule has 1 atom stereocenters. The Morgan fingerprint density at radius 1 is 1.15 bits per heavy atom. The van der Waals surface area contributed by atoms with Gasteiger partial charge in [0, 0.05) is 6.61 Å². The molecule has 1 aromatic rings. The second-order valence-electron chi connectivity index (χ2n) is 3.14. The summed E-state index contributed by atoms with van der Waals surface area (Å²) in [5.41, 5.74) is 0. The summed E-state index contributed by atoms with van der Waals surface area (Å²) in [6.07, 6.45) is 1.23. The molecule has 1 unspecified atom stereocenters. The second-order valence-corrected chi connectivity index (χ2v) is 5.70. The molecule has 0 heterocycles. The molecule has 0 fully saturated rings.